The number of methoxy groups -OCH3 is 2. The number of hydrogen-bond acceptors (Lipinski definition) is 6. The highest BCUT2D eigenvalue weighted by Gasteiger charge is 2.48. The summed E-state index contributed by atoms with van der Waals surface area (Å²) in [6.45, 7) is 3.98. The van der Waals surface area contributed by atoms with Gasteiger partial charge in [-0.3, -0.25) is 4.79 Å². The highest BCUT2D eigenvalue weighted by atomic mass is 32.2. The molecule has 1 aliphatic heterocycles. The molecule has 1 fully saturated rings. The first-order valence-electron chi connectivity index (χ1n) is 7.11. The minimum atomic E-state index is -3.80. The Morgan fingerprint density at radius 2 is 1.87 bits per heavy atom. The van der Waals surface area contributed by atoms with Crippen molar-refractivity contribution < 1.29 is 22.7 Å². The lowest BCUT2D eigenvalue weighted by molar-refractivity contribution is -0.146. The molecule has 8 heteroatoms. The van der Waals surface area contributed by atoms with Gasteiger partial charge in [0.15, 0.2) is 0 Å². The molecule has 0 amide bonds. The molecule has 0 spiro atoms. The van der Waals surface area contributed by atoms with Gasteiger partial charge in [0.1, 0.15) is 11.8 Å². The lowest BCUT2D eigenvalue weighted by Gasteiger charge is -2.43. The molecule has 0 aliphatic carbocycles. The predicted octanol–water partition coefficient (Wildman–Crippen LogP) is 1.75. The summed E-state index contributed by atoms with van der Waals surface area (Å²) in [6.07, 6.45) is 0. The second-order valence-electron chi connectivity index (χ2n) is 5.67. The zero-order chi connectivity index (χ0) is 17.3. The van der Waals surface area contributed by atoms with Crippen LogP contribution in [0, 0.1) is 0 Å². The number of thioether (sulfide) groups is 1. The minimum Gasteiger partial charge on any atom is -0.497 e. The molecule has 1 atom stereocenters. The maximum Gasteiger partial charge on any atom is 0.325 e. The number of ether oxygens (including phenoxy) is 2. The lowest BCUT2D eigenvalue weighted by Crippen LogP contribution is -2.58. The topological polar surface area (TPSA) is 72.9 Å². The highest BCUT2D eigenvalue weighted by Crippen LogP contribution is 2.38. The van der Waals surface area contributed by atoms with Crippen molar-refractivity contribution in [1.82, 2.24) is 4.31 Å². The third-order valence-corrected chi connectivity index (χ3v) is 7.06. The second kappa shape index (κ2) is 6.70. The van der Waals surface area contributed by atoms with Crippen LogP contribution in [0.15, 0.2) is 29.2 Å². The number of sulfonamides is 1. The summed E-state index contributed by atoms with van der Waals surface area (Å²) in [6, 6.07) is 5.28. The number of rotatable bonds is 4. The van der Waals surface area contributed by atoms with Gasteiger partial charge >= 0.3 is 5.97 Å². The van der Waals surface area contributed by atoms with Crippen LogP contribution < -0.4 is 4.74 Å². The molecule has 0 N–H and O–H groups in total. The van der Waals surface area contributed by atoms with Crippen LogP contribution in [-0.4, -0.2) is 56.0 Å². The molecule has 0 radical (unpaired) electrons. The molecule has 1 aromatic carbocycles. The van der Waals surface area contributed by atoms with Crippen LogP contribution in [0.25, 0.3) is 0 Å². The van der Waals surface area contributed by atoms with Gasteiger partial charge in [0.2, 0.25) is 10.0 Å². The Hall–Kier alpha value is -1.25. The van der Waals surface area contributed by atoms with E-state index in [2.05, 4.69) is 0 Å². The van der Waals surface area contributed by atoms with E-state index in [9.17, 15) is 13.2 Å². The Labute approximate surface area is 141 Å². The standard InChI is InChI=1S/C15H21NO5S2/c1-15(2)13(14(17)21-4)16(9-10-22-15)23(18,19)12-7-5-11(20-3)6-8-12/h5-8,13H,9-10H2,1-4H3. The van der Waals surface area contributed by atoms with Crippen LogP contribution in [-0.2, 0) is 19.6 Å². The van der Waals surface area contributed by atoms with Crippen LogP contribution >= 0.6 is 11.8 Å². The molecule has 2 rings (SSSR count). The van der Waals surface area contributed by atoms with Crippen LogP contribution in [0.1, 0.15) is 13.8 Å². The molecule has 1 saturated heterocycles. The number of carbonyl (C=O) groups excluding carboxylic acids is 1. The lowest BCUT2D eigenvalue weighted by atomic mass is 10.0. The quantitative estimate of drug-likeness (QED) is 0.763. The third kappa shape index (κ3) is 3.49. The number of nitrogens with zero attached hydrogens (tertiary/aromatic N) is 1. The van der Waals surface area contributed by atoms with Crippen LogP contribution in [0.4, 0.5) is 0 Å². The average Bonchev–Trinajstić information content (AvgIpc) is 2.53. The van der Waals surface area contributed by atoms with Gasteiger partial charge < -0.3 is 9.47 Å². The van der Waals surface area contributed by atoms with Crippen molar-refractivity contribution in [2.24, 2.45) is 0 Å². The molecule has 1 heterocycles. The van der Waals surface area contributed by atoms with Crippen molar-refractivity contribution in [2.75, 3.05) is 26.5 Å². The maximum absolute atomic E-state index is 13.0. The number of hydrogen-bond donors (Lipinski definition) is 0. The largest absolute Gasteiger partial charge is 0.497 e. The Bertz CT molecular complexity index is 670. The van der Waals surface area contributed by atoms with Crippen molar-refractivity contribution in [3.05, 3.63) is 24.3 Å². The fourth-order valence-corrected chi connectivity index (χ4v) is 5.70. The Kier molecular flexibility index (Phi) is 5.27. The summed E-state index contributed by atoms with van der Waals surface area (Å²) in [7, 11) is -1.01. The normalized spacial score (nSPS) is 21.7. The summed E-state index contributed by atoms with van der Waals surface area (Å²) in [4.78, 5) is 12.3. The van der Waals surface area contributed by atoms with Crippen LogP contribution in [0.5, 0.6) is 5.75 Å². The van der Waals surface area contributed by atoms with Gasteiger partial charge in [-0.05, 0) is 38.1 Å². The molecule has 6 nitrogen and oxygen atoms in total. The van der Waals surface area contributed by atoms with Crippen molar-refractivity contribution in [3.63, 3.8) is 0 Å². The van der Waals surface area contributed by atoms with E-state index in [0.29, 0.717) is 11.5 Å². The zero-order valence-electron chi connectivity index (χ0n) is 13.6. The van der Waals surface area contributed by atoms with E-state index >= 15 is 0 Å². The number of esters is 1. The molecule has 23 heavy (non-hydrogen) atoms. The van der Waals surface area contributed by atoms with E-state index in [1.807, 2.05) is 13.8 Å². The van der Waals surface area contributed by atoms with Crippen molar-refractivity contribution in [3.8, 4) is 5.75 Å². The van der Waals surface area contributed by atoms with E-state index in [1.54, 1.807) is 23.9 Å². The van der Waals surface area contributed by atoms with E-state index in [0.717, 1.165) is 0 Å². The van der Waals surface area contributed by atoms with Crippen molar-refractivity contribution in [2.45, 2.75) is 29.5 Å². The molecule has 0 aromatic heterocycles. The minimum absolute atomic E-state index is 0.134. The fourth-order valence-electron chi connectivity index (χ4n) is 2.61. The van der Waals surface area contributed by atoms with Gasteiger partial charge in [-0.1, -0.05) is 0 Å². The van der Waals surface area contributed by atoms with Crippen molar-refractivity contribution in [1.29, 1.82) is 0 Å². The van der Waals surface area contributed by atoms with Crippen molar-refractivity contribution >= 4 is 27.8 Å². The average molecular weight is 359 g/mol. The third-order valence-electron chi connectivity index (χ3n) is 3.82. The molecule has 0 saturated carbocycles. The fraction of sp³-hybridized carbons (Fsp3) is 0.533. The van der Waals surface area contributed by atoms with Gasteiger partial charge in [0, 0.05) is 17.0 Å². The first kappa shape index (κ1) is 18.1. The summed E-state index contributed by atoms with van der Waals surface area (Å²) in [5.41, 5.74) is 0. The second-order valence-corrected chi connectivity index (χ2v) is 9.31. The van der Waals surface area contributed by atoms with Crippen LogP contribution in [0.2, 0.25) is 0 Å². The molecular weight excluding hydrogens is 338 g/mol. The molecular formula is C15H21NO5S2. The van der Waals surface area contributed by atoms with E-state index in [1.165, 1.54) is 30.7 Å². The van der Waals surface area contributed by atoms with E-state index in [-0.39, 0.29) is 11.4 Å². The maximum atomic E-state index is 13.0. The molecule has 128 valence electrons. The summed E-state index contributed by atoms with van der Waals surface area (Å²) in [5, 5.41) is 0. The Balaban J connectivity index is 2.44. The van der Waals surface area contributed by atoms with E-state index < -0.39 is 26.8 Å². The Morgan fingerprint density at radius 1 is 1.26 bits per heavy atom. The molecule has 0 bridgehead atoms. The molecule has 1 aromatic rings. The summed E-state index contributed by atoms with van der Waals surface area (Å²) in [5.74, 6) is 0.651. The summed E-state index contributed by atoms with van der Waals surface area (Å²) >= 11 is 1.57. The summed E-state index contributed by atoms with van der Waals surface area (Å²) < 4.78 is 36.5. The monoisotopic (exact) mass is 359 g/mol. The molecule has 1 aliphatic rings. The van der Waals surface area contributed by atoms with E-state index in [4.69, 9.17) is 9.47 Å². The zero-order valence-corrected chi connectivity index (χ0v) is 15.2. The Morgan fingerprint density at radius 3 is 2.39 bits per heavy atom. The van der Waals surface area contributed by atoms with Gasteiger partial charge in [0.05, 0.1) is 19.1 Å². The number of carbonyl (C=O) groups is 1. The predicted molar refractivity (Wildman–Crippen MR) is 89.2 cm³/mol. The molecule has 1 unspecified atom stereocenters. The first-order valence-corrected chi connectivity index (χ1v) is 9.54. The first-order chi connectivity index (χ1) is 10.7. The van der Waals surface area contributed by atoms with Gasteiger partial charge in [-0.25, -0.2) is 8.42 Å². The van der Waals surface area contributed by atoms with Gasteiger partial charge in [-0.2, -0.15) is 16.1 Å². The highest BCUT2D eigenvalue weighted by molar-refractivity contribution is 8.00. The number of benzene rings is 1. The van der Waals surface area contributed by atoms with Gasteiger partial charge in [-0.15, -0.1) is 0 Å². The van der Waals surface area contributed by atoms with Gasteiger partial charge in [0.25, 0.3) is 0 Å². The SMILES string of the molecule is COC(=O)C1N(S(=O)(=O)c2ccc(OC)cc2)CCSC1(C)C. The van der Waals surface area contributed by atoms with Crippen LogP contribution in [0.3, 0.4) is 0 Å². The smallest absolute Gasteiger partial charge is 0.325 e.